The average molecular weight is 597 g/mol. The standard InChI is InChI=1S/C34H44O9/c1-15(9-8-10-40-20(6)35)26-16(2)11-25-28(29(26)37)34(32(39)43-25)14-33-17(3)12-24-22(18(4)31(38)42-24)13-23(33)19(5)27(34)30(33)41-21(7)36/h15,17,22,24-25,27-30,37H,4,8-14H2,1-3,5-7H3/t15-,17+,22-,24+,25-,27+,28+,29-,30-,33+,34+/m1/s1. The second-order valence-electron chi connectivity index (χ2n) is 14.1. The number of ether oxygens (including phenoxy) is 4. The summed E-state index contributed by atoms with van der Waals surface area (Å²) in [6, 6.07) is 0. The average Bonchev–Trinajstić information content (AvgIpc) is 3.49. The van der Waals surface area contributed by atoms with Crippen LogP contribution in [0.4, 0.5) is 0 Å². The van der Waals surface area contributed by atoms with E-state index in [1.54, 1.807) is 0 Å². The highest BCUT2D eigenvalue weighted by molar-refractivity contribution is 5.91. The van der Waals surface area contributed by atoms with E-state index in [4.69, 9.17) is 18.9 Å². The van der Waals surface area contributed by atoms with Gasteiger partial charge < -0.3 is 24.1 Å². The molecule has 0 aromatic rings. The van der Waals surface area contributed by atoms with Crippen molar-refractivity contribution < 1.29 is 43.2 Å². The smallest absolute Gasteiger partial charge is 0.334 e. The molecule has 1 N–H and O–H groups in total. The molecule has 0 aromatic carbocycles. The molecule has 2 saturated carbocycles. The van der Waals surface area contributed by atoms with Crippen molar-refractivity contribution in [2.24, 2.45) is 40.4 Å². The molecule has 6 aliphatic rings. The molecule has 2 heterocycles. The van der Waals surface area contributed by atoms with Crippen molar-refractivity contribution in [1.82, 2.24) is 0 Å². The molecule has 0 aromatic heterocycles. The topological polar surface area (TPSA) is 125 Å². The first kappa shape index (κ1) is 30.1. The highest BCUT2D eigenvalue weighted by Gasteiger charge is 2.79. The lowest BCUT2D eigenvalue weighted by molar-refractivity contribution is -0.156. The Bertz CT molecular complexity index is 1360. The number of hydrogen-bond donors (Lipinski definition) is 1. The van der Waals surface area contributed by atoms with E-state index in [1.807, 2.05) is 13.8 Å². The van der Waals surface area contributed by atoms with Crippen LogP contribution < -0.4 is 0 Å². The maximum absolute atomic E-state index is 14.2. The molecule has 2 aliphatic heterocycles. The predicted octanol–water partition coefficient (Wildman–Crippen LogP) is 4.37. The summed E-state index contributed by atoms with van der Waals surface area (Å²) < 4.78 is 23.3. The highest BCUT2D eigenvalue weighted by Crippen LogP contribution is 2.76. The number of carbonyl (C=O) groups is 4. The van der Waals surface area contributed by atoms with E-state index in [-0.39, 0.29) is 41.8 Å². The highest BCUT2D eigenvalue weighted by atomic mass is 16.6. The summed E-state index contributed by atoms with van der Waals surface area (Å²) in [4.78, 5) is 50.6. The Balaban J connectivity index is 1.40. The van der Waals surface area contributed by atoms with E-state index >= 15 is 0 Å². The molecule has 43 heavy (non-hydrogen) atoms. The molecule has 4 aliphatic carbocycles. The third kappa shape index (κ3) is 4.12. The largest absolute Gasteiger partial charge is 0.466 e. The van der Waals surface area contributed by atoms with Gasteiger partial charge in [-0.1, -0.05) is 37.1 Å². The molecule has 0 radical (unpaired) electrons. The second kappa shape index (κ2) is 10.3. The van der Waals surface area contributed by atoms with E-state index < -0.39 is 46.9 Å². The molecule has 234 valence electrons. The molecule has 2 spiro atoms. The van der Waals surface area contributed by atoms with Crippen LogP contribution in [0.1, 0.15) is 80.1 Å². The molecule has 0 unspecified atom stereocenters. The van der Waals surface area contributed by atoms with E-state index in [2.05, 4.69) is 20.4 Å². The van der Waals surface area contributed by atoms with Crippen LogP contribution in [0.3, 0.4) is 0 Å². The summed E-state index contributed by atoms with van der Waals surface area (Å²) in [6.07, 6.45) is 1.25. The first-order valence-electron chi connectivity index (χ1n) is 15.7. The molecule has 2 saturated heterocycles. The van der Waals surface area contributed by atoms with E-state index in [9.17, 15) is 24.3 Å². The number of hydrogen-bond acceptors (Lipinski definition) is 9. The lowest BCUT2D eigenvalue weighted by Gasteiger charge is -2.45. The van der Waals surface area contributed by atoms with Crippen molar-refractivity contribution in [3.05, 3.63) is 34.4 Å². The van der Waals surface area contributed by atoms with Gasteiger partial charge in [-0.05, 0) is 63.4 Å². The van der Waals surface area contributed by atoms with Crippen molar-refractivity contribution >= 4 is 23.9 Å². The number of carbonyl (C=O) groups excluding carboxylic acids is 4. The second-order valence-corrected chi connectivity index (χ2v) is 14.1. The molecule has 11 atom stereocenters. The Kier molecular flexibility index (Phi) is 7.22. The van der Waals surface area contributed by atoms with Crippen molar-refractivity contribution in [1.29, 1.82) is 0 Å². The van der Waals surface area contributed by atoms with Gasteiger partial charge in [0.2, 0.25) is 0 Å². The molecule has 2 bridgehead atoms. The Morgan fingerprint density at radius 2 is 1.81 bits per heavy atom. The first-order chi connectivity index (χ1) is 20.2. The van der Waals surface area contributed by atoms with Crippen LogP contribution in [0.2, 0.25) is 0 Å². The Hall–Kier alpha value is -2.94. The van der Waals surface area contributed by atoms with E-state index in [0.717, 1.165) is 28.7 Å². The van der Waals surface area contributed by atoms with Crippen LogP contribution in [-0.2, 0) is 38.1 Å². The SMILES string of the molecule is C=C1C(=O)O[C@H]2C[C@H](C)[C@@]34C[C@]5(C(=O)O[C@@H]6CC(C)=C([C@H](C)CCCOC(C)=O)[C@@H](O)[C@H]65)[C@@H](C(C)=C3C[C@H]12)[C@H]4OC(C)=O. The summed E-state index contributed by atoms with van der Waals surface area (Å²) >= 11 is 0. The summed E-state index contributed by atoms with van der Waals surface area (Å²) in [5, 5.41) is 12.2. The zero-order chi connectivity index (χ0) is 31.2. The third-order valence-electron chi connectivity index (χ3n) is 12.0. The number of aliphatic hydroxyl groups is 1. The fraction of sp³-hybridized carbons (Fsp3) is 0.706. The van der Waals surface area contributed by atoms with Gasteiger partial charge >= 0.3 is 23.9 Å². The molecule has 6 rings (SSSR count). The molecular weight excluding hydrogens is 552 g/mol. The van der Waals surface area contributed by atoms with Gasteiger partial charge in [0, 0.05) is 49.0 Å². The number of aliphatic hydroxyl groups excluding tert-OH is 1. The van der Waals surface area contributed by atoms with E-state index in [1.165, 1.54) is 13.8 Å². The lowest BCUT2D eigenvalue weighted by Crippen LogP contribution is -2.50. The van der Waals surface area contributed by atoms with Crippen molar-refractivity contribution in [3.63, 3.8) is 0 Å². The van der Waals surface area contributed by atoms with Crippen molar-refractivity contribution in [3.8, 4) is 0 Å². The quantitative estimate of drug-likeness (QED) is 0.156. The molecule has 0 amide bonds. The van der Waals surface area contributed by atoms with Crippen LogP contribution in [0.5, 0.6) is 0 Å². The Labute approximate surface area is 253 Å². The first-order valence-corrected chi connectivity index (χ1v) is 15.7. The van der Waals surface area contributed by atoms with Crippen molar-refractivity contribution in [2.45, 2.75) is 104 Å². The summed E-state index contributed by atoms with van der Waals surface area (Å²) in [5.41, 5.74) is 2.89. The molecule has 9 nitrogen and oxygen atoms in total. The van der Waals surface area contributed by atoms with Gasteiger partial charge in [-0.25, -0.2) is 4.79 Å². The molecule has 4 fully saturated rings. The van der Waals surface area contributed by atoms with Gasteiger partial charge in [0.25, 0.3) is 0 Å². The zero-order valence-corrected chi connectivity index (χ0v) is 26.1. The summed E-state index contributed by atoms with van der Waals surface area (Å²) in [7, 11) is 0. The Morgan fingerprint density at radius 3 is 2.49 bits per heavy atom. The van der Waals surface area contributed by atoms with Gasteiger partial charge in [0.15, 0.2) is 0 Å². The minimum Gasteiger partial charge on any atom is -0.466 e. The Morgan fingerprint density at radius 1 is 1.09 bits per heavy atom. The minimum atomic E-state index is -1.05. The van der Waals surface area contributed by atoms with Gasteiger partial charge in [0.05, 0.1) is 18.1 Å². The van der Waals surface area contributed by atoms with E-state index in [0.29, 0.717) is 44.3 Å². The number of rotatable bonds is 6. The zero-order valence-electron chi connectivity index (χ0n) is 26.1. The van der Waals surface area contributed by atoms with Crippen LogP contribution in [0.15, 0.2) is 34.4 Å². The van der Waals surface area contributed by atoms with Gasteiger partial charge in [-0.2, -0.15) is 0 Å². The lowest BCUT2D eigenvalue weighted by atomic mass is 9.55. The maximum atomic E-state index is 14.2. The number of fused-ring (bicyclic) bond motifs is 5. The fourth-order valence-corrected chi connectivity index (χ4v) is 10.4. The van der Waals surface area contributed by atoms with Gasteiger partial charge in [-0.3, -0.25) is 14.4 Å². The van der Waals surface area contributed by atoms with Crippen LogP contribution in [-0.4, -0.2) is 60.0 Å². The normalized spacial score (nSPS) is 41.9. The number of esters is 4. The fourth-order valence-electron chi connectivity index (χ4n) is 10.4. The van der Waals surface area contributed by atoms with Gasteiger partial charge in [-0.15, -0.1) is 0 Å². The van der Waals surface area contributed by atoms with Gasteiger partial charge in [0.1, 0.15) is 18.3 Å². The monoisotopic (exact) mass is 596 g/mol. The summed E-state index contributed by atoms with van der Waals surface area (Å²) in [5.74, 6) is -2.51. The molecule has 9 heteroatoms. The van der Waals surface area contributed by atoms with Crippen LogP contribution in [0.25, 0.3) is 0 Å². The predicted molar refractivity (Wildman–Crippen MR) is 154 cm³/mol. The van der Waals surface area contributed by atoms with Crippen molar-refractivity contribution in [2.75, 3.05) is 6.61 Å². The van der Waals surface area contributed by atoms with Crippen LogP contribution in [0, 0.1) is 40.4 Å². The maximum Gasteiger partial charge on any atom is 0.334 e. The third-order valence-corrected chi connectivity index (χ3v) is 12.0. The summed E-state index contributed by atoms with van der Waals surface area (Å²) in [6.45, 7) is 15.4. The minimum absolute atomic E-state index is 0.0179. The molecular formula is C34H44O9. The van der Waals surface area contributed by atoms with Crippen LogP contribution >= 0.6 is 0 Å².